The summed E-state index contributed by atoms with van der Waals surface area (Å²) in [4.78, 5) is 4.57. The van der Waals surface area contributed by atoms with Crippen LogP contribution in [0.5, 0.6) is 0 Å². The van der Waals surface area contributed by atoms with Gasteiger partial charge < -0.3 is 4.42 Å². The first-order chi connectivity index (χ1) is 10.8. The highest BCUT2D eigenvalue weighted by Crippen LogP contribution is 2.29. The highest BCUT2D eigenvalue weighted by atomic mass is 16.3. The Balaban J connectivity index is 1.83. The normalized spacial score (nSPS) is 11.0. The maximum absolute atomic E-state index is 5.86. The van der Waals surface area contributed by atoms with Crippen molar-refractivity contribution in [2.75, 3.05) is 0 Å². The predicted octanol–water partition coefficient (Wildman–Crippen LogP) is 5.47. The van der Waals surface area contributed by atoms with Crippen molar-refractivity contribution in [1.29, 1.82) is 0 Å². The molecule has 0 saturated carbocycles. The monoisotopic (exact) mass is 285 g/mol. The van der Waals surface area contributed by atoms with E-state index >= 15 is 0 Å². The molecular weight excluding hydrogens is 270 g/mol. The van der Waals surface area contributed by atoms with Gasteiger partial charge in [-0.15, -0.1) is 0 Å². The van der Waals surface area contributed by atoms with Crippen molar-refractivity contribution in [3.05, 3.63) is 78.4 Å². The second kappa shape index (κ2) is 5.15. The van der Waals surface area contributed by atoms with Crippen LogP contribution >= 0.6 is 0 Å². The number of para-hydroxylation sites is 2. The molecule has 2 nitrogen and oxygen atoms in total. The summed E-state index contributed by atoms with van der Waals surface area (Å²) in [6.45, 7) is 2.13. The van der Waals surface area contributed by atoms with E-state index in [1.165, 1.54) is 16.7 Å². The van der Waals surface area contributed by atoms with E-state index in [0.29, 0.717) is 5.89 Å². The summed E-state index contributed by atoms with van der Waals surface area (Å²) in [5.74, 6) is 0.664. The fourth-order valence-corrected chi connectivity index (χ4v) is 2.71. The van der Waals surface area contributed by atoms with Gasteiger partial charge in [-0.05, 0) is 47.9 Å². The number of fused-ring (bicyclic) bond motifs is 1. The van der Waals surface area contributed by atoms with Crippen LogP contribution in [0, 0.1) is 6.92 Å². The van der Waals surface area contributed by atoms with E-state index < -0.39 is 0 Å². The zero-order valence-electron chi connectivity index (χ0n) is 12.3. The van der Waals surface area contributed by atoms with Gasteiger partial charge in [0.05, 0.1) is 0 Å². The first-order valence-electron chi connectivity index (χ1n) is 7.33. The van der Waals surface area contributed by atoms with Gasteiger partial charge in [-0.2, -0.15) is 0 Å². The third-order valence-corrected chi connectivity index (χ3v) is 3.86. The molecule has 0 aliphatic rings. The fraction of sp³-hybridized carbons (Fsp3) is 0.0500. The van der Waals surface area contributed by atoms with Crippen molar-refractivity contribution >= 4 is 11.1 Å². The van der Waals surface area contributed by atoms with Crippen LogP contribution in [0.25, 0.3) is 33.7 Å². The SMILES string of the molecule is Cc1ccccc1-c1cccc(-c2nc3ccccc3o2)c1. The van der Waals surface area contributed by atoms with Gasteiger partial charge in [0.1, 0.15) is 5.52 Å². The van der Waals surface area contributed by atoms with Crippen LogP contribution in [0.4, 0.5) is 0 Å². The van der Waals surface area contributed by atoms with Crippen molar-refractivity contribution in [2.24, 2.45) is 0 Å². The summed E-state index contributed by atoms with van der Waals surface area (Å²) in [5.41, 5.74) is 6.38. The smallest absolute Gasteiger partial charge is 0.227 e. The molecule has 0 aliphatic heterocycles. The van der Waals surface area contributed by atoms with Crippen molar-refractivity contribution < 1.29 is 4.42 Å². The van der Waals surface area contributed by atoms with Crippen LogP contribution < -0.4 is 0 Å². The van der Waals surface area contributed by atoms with Gasteiger partial charge in [0.2, 0.25) is 5.89 Å². The zero-order chi connectivity index (χ0) is 14.9. The molecule has 0 spiro atoms. The van der Waals surface area contributed by atoms with Gasteiger partial charge in [0.25, 0.3) is 0 Å². The second-order valence-electron chi connectivity index (χ2n) is 5.38. The summed E-state index contributed by atoms with van der Waals surface area (Å²) in [5, 5.41) is 0. The Kier molecular flexibility index (Phi) is 3.01. The van der Waals surface area contributed by atoms with E-state index in [1.807, 2.05) is 36.4 Å². The molecule has 22 heavy (non-hydrogen) atoms. The topological polar surface area (TPSA) is 26.0 Å². The minimum atomic E-state index is 0.664. The van der Waals surface area contributed by atoms with E-state index in [1.54, 1.807) is 0 Å². The summed E-state index contributed by atoms with van der Waals surface area (Å²) >= 11 is 0. The van der Waals surface area contributed by atoms with Crippen LogP contribution in [0.1, 0.15) is 5.56 Å². The van der Waals surface area contributed by atoms with Gasteiger partial charge in [0.15, 0.2) is 5.58 Å². The van der Waals surface area contributed by atoms with Crippen molar-refractivity contribution in [1.82, 2.24) is 4.98 Å². The number of hydrogen-bond donors (Lipinski definition) is 0. The molecule has 0 fully saturated rings. The lowest BCUT2D eigenvalue weighted by Gasteiger charge is -2.06. The summed E-state index contributed by atoms with van der Waals surface area (Å²) in [6, 6.07) is 24.6. The van der Waals surface area contributed by atoms with Crippen LogP contribution in [0.2, 0.25) is 0 Å². The largest absolute Gasteiger partial charge is 0.436 e. The van der Waals surface area contributed by atoms with Gasteiger partial charge in [-0.25, -0.2) is 4.98 Å². The number of nitrogens with zero attached hydrogens (tertiary/aromatic N) is 1. The minimum absolute atomic E-state index is 0.664. The number of hydrogen-bond acceptors (Lipinski definition) is 2. The van der Waals surface area contributed by atoms with Gasteiger partial charge in [-0.3, -0.25) is 0 Å². The van der Waals surface area contributed by atoms with Crippen LogP contribution in [0.3, 0.4) is 0 Å². The average molecular weight is 285 g/mol. The standard InChI is InChI=1S/C20H15NO/c1-14-7-2-3-10-17(14)15-8-6-9-16(13-15)20-21-18-11-4-5-12-19(18)22-20/h2-13H,1H3. The molecule has 0 unspecified atom stereocenters. The van der Waals surface area contributed by atoms with E-state index in [9.17, 15) is 0 Å². The van der Waals surface area contributed by atoms with Crippen LogP contribution in [-0.4, -0.2) is 4.98 Å². The average Bonchev–Trinajstić information content (AvgIpc) is 2.99. The first-order valence-corrected chi connectivity index (χ1v) is 7.33. The third kappa shape index (κ3) is 2.19. The molecule has 0 atom stereocenters. The number of benzene rings is 3. The van der Waals surface area contributed by atoms with E-state index in [2.05, 4.69) is 48.3 Å². The Morgan fingerprint density at radius 3 is 2.41 bits per heavy atom. The molecule has 4 aromatic rings. The number of rotatable bonds is 2. The fourth-order valence-electron chi connectivity index (χ4n) is 2.71. The number of oxazole rings is 1. The number of aryl methyl sites for hydroxylation is 1. The molecule has 0 bridgehead atoms. The molecule has 2 heteroatoms. The molecule has 1 aromatic heterocycles. The molecule has 0 aliphatic carbocycles. The molecule has 106 valence electrons. The Morgan fingerprint density at radius 1 is 0.773 bits per heavy atom. The molecule has 0 N–H and O–H groups in total. The van der Waals surface area contributed by atoms with Crippen molar-refractivity contribution in [2.45, 2.75) is 6.92 Å². The molecule has 0 amide bonds. The van der Waals surface area contributed by atoms with Crippen LogP contribution in [-0.2, 0) is 0 Å². The Bertz CT molecular complexity index is 920. The zero-order valence-corrected chi connectivity index (χ0v) is 12.3. The van der Waals surface area contributed by atoms with Crippen molar-refractivity contribution in [3.63, 3.8) is 0 Å². The lowest BCUT2D eigenvalue weighted by Crippen LogP contribution is -1.84. The molecule has 0 radical (unpaired) electrons. The highest BCUT2D eigenvalue weighted by Gasteiger charge is 2.09. The highest BCUT2D eigenvalue weighted by molar-refractivity contribution is 5.78. The maximum Gasteiger partial charge on any atom is 0.227 e. The molecule has 4 rings (SSSR count). The lowest BCUT2D eigenvalue weighted by atomic mass is 9.99. The third-order valence-electron chi connectivity index (χ3n) is 3.86. The van der Waals surface area contributed by atoms with E-state index in [-0.39, 0.29) is 0 Å². The van der Waals surface area contributed by atoms with Crippen molar-refractivity contribution in [3.8, 4) is 22.6 Å². The number of aromatic nitrogens is 1. The molecule has 1 heterocycles. The summed E-state index contributed by atoms with van der Waals surface area (Å²) < 4.78 is 5.86. The Hall–Kier alpha value is -2.87. The summed E-state index contributed by atoms with van der Waals surface area (Å²) in [7, 11) is 0. The van der Waals surface area contributed by atoms with E-state index in [4.69, 9.17) is 4.42 Å². The lowest BCUT2D eigenvalue weighted by molar-refractivity contribution is 0.620. The minimum Gasteiger partial charge on any atom is -0.436 e. The van der Waals surface area contributed by atoms with E-state index in [0.717, 1.165) is 16.7 Å². The Morgan fingerprint density at radius 2 is 1.55 bits per heavy atom. The predicted molar refractivity (Wildman–Crippen MR) is 89.6 cm³/mol. The Labute approximate surface area is 129 Å². The molecule has 0 saturated heterocycles. The van der Waals surface area contributed by atoms with Crippen LogP contribution in [0.15, 0.2) is 77.2 Å². The quantitative estimate of drug-likeness (QED) is 0.488. The molecule has 3 aromatic carbocycles. The summed E-state index contributed by atoms with van der Waals surface area (Å²) in [6.07, 6.45) is 0. The van der Waals surface area contributed by atoms with Gasteiger partial charge in [0, 0.05) is 5.56 Å². The van der Waals surface area contributed by atoms with Gasteiger partial charge in [-0.1, -0.05) is 48.5 Å². The second-order valence-corrected chi connectivity index (χ2v) is 5.38. The van der Waals surface area contributed by atoms with Gasteiger partial charge >= 0.3 is 0 Å². The maximum atomic E-state index is 5.86. The first kappa shape index (κ1) is 12.8. The molecular formula is C20H15NO.